The van der Waals surface area contributed by atoms with E-state index in [0.717, 1.165) is 34.9 Å². The molecule has 110 valence electrons. The standard InChI is InChI=1S/C17H16N4O/c18-17(22)16-14-9-11(12-3-2-8-19-10-12)6-7-15(14)21(20-16)13-4-1-5-13/h2-3,6-10,13H,1,4-5H2,(H2,18,22). The van der Waals surface area contributed by atoms with Crippen LogP contribution < -0.4 is 5.73 Å². The summed E-state index contributed by atoms with van der Waals surface area (Å²) in [5, 5.41) is 5.29. The summed E-state index contributed by atoms with van der Waals surface area (Å²) in [5.41, 5.74) is 8.87. The molecule has 1 amide bonds. The van der Waals surface area contributed by atoms with Gasteiger partial charge >= 0.3 is 0 Å². The third kappa shape index (κ3) is 1.97. The van der Waals surface area contributed by atoms with E-state index in [-0.39, 0.29) is 0 Å². The fraction of sp³-hybridized carbons (Fsp3) is 0.235. The van der Waals surface area contributed by atoms with E-state index < -0.39 is 5.91 Å². The summed E-state index contributed by atoms with van der Waals surface area (Å²) in [7, 11) is 0. The second-order valence-electron chi connectivity index (χ2n) is 5.72. The summed E-state index contributed by atoms with van der Waals surface area (Å²) < 4.78 is 1.96. The lowest BCUT2D eigenvalue weighted by molar-refractivity contribution is 0.0995. The SMILES string of the molecule is NC(=O)c1nn(C2CCC2)c2ccc(-c3cccnc3)cc12. The van der Waals surface area contributed by atoms with Gasteiger partial charge in [-0.2, -0.15) is 5.10 Å². The van der Waals surface area contributed by atoms with Crippen LogP contribution in [0.4, 0.5) is 0 Å². The molecule has 0 atom stereocenters. The van der Waals surface area contributed by atoms with Gasteiger partial charge in [-0.1, -0.05) is 12.1 Å². The highest BCUT2D eigenvalue weighted by Gasteiger charge is 2.25. The zero-order chi connectivity index (χ0) is 15.1. The van der Waals surface area contributed by atoms with Crippen LogP contribution in [0.3, 0.4) is 0 Å². The molecular formula is C17H16N4O. The molecule has 5 nitrogen and oxygen atoms in total. The van der Waals surface area contributed by atoms with Crippen molar-refractivity contribution in [2.45, 2.75) is 25.3 Å². The zero-order valence-electron chi connectivity index (χ0n) is 12.1. The van der Waals surface area contributed by atoms with Crippen LogP contribution in [0.1, 0.15) is 35.8 Å². The fourth-order valence-corrected chi connectivity index (χ4v) is 2.95. The van der Waals surface area contributed by atoms with Gasteiger partial charge < -0.3 is 5.73 Å². The number of pyridine rings is 1. The summed E-state index contributed by atoms with van der Waals surface area (Å²) in [5.74, 6) is -0.480. The number of nitrogens with zero attached hydrogens (tertiary/aromatic N) is 3. The second kappa shape index (κ2) is 4.94. The number of hydrogen-bond acceptors (Lipinski definition) is 3. The van der Waals surface area contributed by atoms with Crippen molar-refractivity contribution in [3.05, 3.63) is 48.4 Å². The van der Waals surface area contributed by atoms with Crippen LogP contribution in [0.2, 0.25) is 0 Å². The summed E-state index contributed by atoms with van der Waals surface area (Å²) in [4.78, 5) is 15.9. The number of rotatable bonds is 3. The second-order valence-corrected chi connectivity index (χ2v) is 5.72. The van der Waals surface area contributed by atoms with Crippen LogP contribution in [0.25, 0.3) is 22.0 Å². The zero-order valence-corrected chi connectivity index (χ0v) is 12.1. The van der Waals surface area contributed by atoms with Gasteiger partial charge in [0.15, 0.2) is 5.69 Å². The van der Waals surface area contributed by atoms with Crippen LogP contribution >= 0.6 is 0 Å². The first-order valence-corrected chi connectivity index (χ1v) is 7.46. The number of fused-ring (bicyclic) bond motifs is 1. The van der Waals surface area contributed by atoms with E-state index in [0.29, 0.717) is 11.7 Å². The summed E-state index contributed by atoms with van der Waals surface area (Å²) >= 11 is 0. The lowest BCUT2D eigenvalue weighted by Gasteiger charge is -2.26. The van der Waals surface area contributed by atoms with Crippen molar-refractivity contribution in [3.63, 3.8) is 0 Å². The Bertz CT molecular complexity index is 850. The molecule has 1 saturated carbocycles. The molecule has 5 heteroatoms. The van der Waals surface area contributed by atoms with Gasteiger partial charge in [0, 0.05) is 23.3 Å². The van der Waals surface area contributed by atoms with Crippen molar-refractivity contribution in [2.75, 3.05) is 0 Å². The normalized spacial score (nSPS) is 14.9. The molecule has 1 aromatic carbocycles. The Labute approximate surface area is 127 Å². The summed E-state index contributed by atoms with van der Waals surface area (Å²) in [6, 6.07) is 10.3. The van der Waals surface area contributed by atoms with Crippen LogP contribution in [-0.2, 0) is 0 Å². The van der Waals surface area contributed by atoms with Crippen molar-refractivity contribution < 1.29 is 4.79 Å². The number of carbonyl (C=O) groups is 1. The highest BCUT2D eigenvalue weighted by atomic mass is 16.1. The minimum absolute atomic E-state index is 0.354. The molecule has 1 aliphatic carbocycles. The van der Waals surface area contributed by atoms with Crippen molar-refractivity contribution in [3.8, 4) is 11.1 Å². The van der Waals surface area contributed by atoms with E-state index in [1.165, 1.54) is 6.42 Å². The number of nitrogens with two attached hydrogens (primary N) is 1. The minimum Gasteiger partial charge on any atom is -0.364 e. The summed E-state index contributed by atoms with van der Waals surface area (Å²) in [6.45, 7) is 0. The average molecular weight is 292 g/mol. The molecule has 0 saturated heterocycles. The molecule has 0 unspecified atom stereocenters. The topological polar surface area (TPSA) is 73.8 Å². The molecule has 4 rings (SSSR count). The Morgan fingerprint density at radius 3 is 2.73 bits per heavy atom. The third-order valence-corrected chi connectivity index (χ3v) is 4.36. The van der Waals surface area contributed by atoms with E-state index in [4.69, 9.17) is 5.73 Å². The maximum atomic E-state index is 11.7. The van der Waals surface area contributed by atoms with E-state index in [1.54, 1.807) is 6.20 Å². The molecular weight excluding hydrogens is 276 g/mol. The molecule has 1 aliphatic rings. The quantitative estimate of drug-likeness (QED) is 0.806. The number of amides is 1. The lowest BCUT2D eigenvalue weighted by Crippen LogP contribution is -2.19. The summed E-state index contributed by atoms with van der Waals surface area (Å²) in [6.07, 6.45) is 6.98. The Morgan fingerprint density at radius 1 is 1.23 bits per heavy atom. The molecule has 2 N–H and O–H groups in total. The van der Waals surface area contributed by atoms with Crippen molar-refractivity contribution in [2.24, 2.45) is 5.73 Å². The van der Waals surface area contributed by atoms with E-state index in [2.05, 4.69) is 10.1 Å². The minimum atomic E-state index is -0.480. The number of hydrogen-bond donors (Lipinski definition) is 1. The van der Waals surface area contributed by atoms with Crippen LogP contribution in [0.5, 0.6) is 0 Å². The number of carbonyl (C=O) groups excluding carboxylic acids is 1. The van der Waals surface area contributed by atoms with E-state index in [9.17, 15) is 4.79 Å². The van der Waals surface area contributed by atoms with Crippen molar-refractivity contribution in [1.29, 1.82) is 0 Å². The van der Waals surface area contributed by atoms with Crippen LogP contribution in [0.15, 0.2) is 42.7 Å². The first-order valence-electron chi connectivity index (χ1n) is 7.46. The molecule has 0 radical (unpaired) electrons. The van der Waals surface area contributed by atoms with Gasteiger partial charge in [-0.25, -0.2) is 0 Å². The first-order chi connectivity index (χ1) is 10.7. The van der Waals surface area contributed by atoms with Gasteiger partial charge in [0.25, 0.3) is 5.91 Å². The Balaban J connectivity index is 1.91. The molecule has 1 fully saturated rings. The van der Waals surface area contributed by atoms with Crippen molar-refractivity contribution >= 4 is 16.8 Å². The van der Waals surface area contributed by atoms with Gasteiger partial charge in [-0.05, 0) is 43.0 Å². The fourth-order valence-electron chi connectivity index (χ4n) is 2.95. The Hall–Kier alpha value is -2.69. The van der Waals surface area contributed by atoms with Crippen LogP contribution in [-0.4, -0.2) is 20.7 Å². The monoisotopic (exact) mass is 292 g/mol. The molecule has 0 spiro atoms. The molecule has 3 aromatic rings. The largest absolute Gasteiger partial charge is 0.364 e. The molecule has 2 heterocycles. The maximum Gasteiger partial charge on any atom is 0.269 e. The van der Waals surface area contributed by atoms with E-state index in [1.807, 2.05) is 41.2 Å². The smallest absolute Gasteiger partial charge is 0.269 e. The molecule has 0 bridgehead atoms. The van der Waals surface area contributed by atoms with Gasteiger partial charge in [0.1, 0.15) is 0 Å². The lowest BCUT2D eigenvalue weighted by atomic mass is 9.93. The first kappa shape index (κ1) is 13.0. The van der Waals surface area contributed by atoms with Gasteiger partial charge in [-0.15, -0.1) is 0 Å². The van der Waals surface area contributed by atoms with Crippen LogP contribution in [0, 0.1) is 0 Å². The average Bonchev–Trinajstić information content (AvgIpc) is 2.85. The van der Waals surface area contributed by atoms with Crippen molar-refractivity contribution in [1.82, 2.24) is 14.8 Å². The van der Waals surface area contributed by atoms with E-state index >= 15 is 0 Å². The predicted molar refractivity (Wildman–Crippen MR) is 84.4 cm³/mol. The molecule has 2 aromatic heterocycles. The van der Waals surface area contributed by atoms with Gasteiger partial charge in [0.2, 0.25) is 0 Å². The highest BCUT2D eigenvalue weighted by Crippen LogP contribution is 2.35. The molecule has 0 aliphatic heterocycles. The Morgan fingerprint density at radius 2 is 2.09 bits per heavy atom. The predicted octanol–water partition coefficient (Wildman–Crippen LogP) is 2.92. The number of benzene rings is 1. The Kier molecular flexibility index (Phi) is 2.92. The van der Waals surface area contributed by atoms with Gasteiger partial charge in [-0.3, -0.25) is 14.5 Å². The third-order valence-electron chi connectivity index (χ3n) is 4.36. The molecule has 22 heavy (non-hydrogen) atoms. The van der Waals surface area contributed by atoms with Gasteiger partial charge in [0.05, 0.1) is 11.6 Å². The number of aromatic nitrogens is 3. The number of primary amides is 1. The maximum absolute atomic E-state index is 11.7. The highest BCUT2D eigenvalue weighted by molar-refractivity contribution is 6.05.